The first kappa shape index (κ1) is 30.5. The number of nitrogens with zero attached hydrogens (tertiary/aromatic N) is 3. The van der Waals surface area contributed by atoms with Gasteiger partial charge in [0.2, 0.25) is 0 Å². The highest BCUT2D eigenvalue weighted by atomic mass is 15.2. The number of fused-ring (bicyclic) bond motifs is 5. The molecule has 0 atom stereocenters. The first-order chi connectivity index (χ1) is 23.7. The summed E-state index contributed by atoms with van der Waals surface area (Å²) < 4.78 is 0. The zero-order valence-electron chi connectivity index (χ0n) is 27.6. The second-order valence-electron chi connectivity index (χ2n) is 13.4. The van der Waals surface area contributed by atoms with Crippen molar-refractivity contribution in [1.82, 2.24) is 14.7 Å². The van der Waals surface area contributed by atoms with Gasteiger partial charge in [-0.15, -0.1) is 0 Å². The van der Waals surface area contributed by atoms with Gasteiger partial charge in [0.25, 0.3) is 0 Å². The summed E-state index contributed by atoms with van der Waals surface area (Å²) in [6.07, 6.45) is 0. The van der Waals surface area contributed by atoms with E-state index in [1.807, 2.05) is 0 Å². The van der Waals surface area contributed by atoms with Crippen molar-refractivity contribution in [1.29, 1.82) is 0 Å². The third-order valence-corrected chi connectivity index (χ3v) is 10.1. The lowest BCUT2D eigenvalue weighted by Crippen LogP contribution is -2.39. The highest BCUT2D eigenvalue weighted by Crippen LogP contribution is 2.25. The molecule has 0 unspecified atom stereocenters. The van der Waals surface area contributed by atoms with Gasteiger partial charge in [-0.25, -0.2) is 0 Å². The normalized spacial score (nSPS) is 15.4. The van der Waals surface area contributed by atoms with E-state index in [4.69, 9.17) is 0 Å². The highest BCUT2D eigenvalue weighted by Gasteiger charge is 2.18. The fourth-order valence-electron chi connectivity index (χ4n) is 7.62. The van der Waals surface area contributed by atoms with Crippen molar-refractivity contribution in [3.8, 4) is 0 Å². The van der Waals surface area contributed by atoms with E-state index in [1.54, 1.807) is 0 Å². The molecule has 3 heteroatoms. The second kappa shape index (κ2) is 14.1. The maximum Gasteiger partial charge on any atom is 0.0243 e. The van der Waals surface area contributed by atoms with Crippen LogP contribution in [0.5, 0.6) is 0 Å². The molecule has 2 bridgehead atoms. The predicted octanol–water partition coefficient (Wildman–Crippen LogP) is 9.67. The lowest BCUT2D eigenvalue weighted by atomic mass is 10.0. The van der Waals surface area contributed by atoms with Gasteiger partial charge in [-0.3, -0.25) is 14.7 Å². The summed E-state index contributed by atoms with van der Waals surface area (Å²) in [4.78, 5) is 8.02. The van der Waals surface area contributed by atoms with Crippen molar-refractivity contribution in [3.63, 3.8) is 0 Å². The SMILES string of the molecule is c1cc2cc(c1)CN(Cc1cccc3ccccc13)CCN(Cc1cccc3ccccc13)CCN(Cc1cccc3ccccc13)C2. The number of hydrogen-bond acceptors (Lipinski definition) is 3. The van der Waals surface area contributed by atoms with Gasteiger partial charge in [0.05, 0.1) is 0 Å². The Morgan fingerprint density at radius 3 is 1.10 bits per heavy atom. The van der Waals surface area contributed by atoms with Gasteiger partial charge in [0, 0.05) is 58.9 Å². The van der Waals surface area contributed by atoms with Crippen molar-refractivity contribution < 1.29 is 0 Å². The zero-order chi connectivity index (χ0) is 32.1. The third kappa shape index (κ3) is 6.90. The molecule has 48 heavy (non-hydrogen) atoms. The molecule has 0 fully saturated rings. The van der Waals surface area contributed by atoms with Crippen molar-refractivity contribution in [2.75, 3.05) is 26.2 Å². The molecule has 1 heterocycles. The molecule has 238 valence electrons. The van der Waals surface area contributed by atoms with Crippen molar-refractivity contribution in [2.24, 2.45) is 0 Å². The van der Waals surface area contributed by atoms with Crippen molar-refractivity contribution in [3.05, 3.63) is 179 Å². The fourth-order valence-corrected chi connectivity index (χ4v) is 7.62. The lowest BCUT2D eigenvalue weighted by molar-refractivity contribution is 0.157. The first-order valence-electron chi connectivity index (χ1n) is 17.4. The largest absolute Gasteiger partial charge is 0.297 e. The van der Waals surface area contributed by atoms with E-state index < -0.39 is 0 Å². The van der Waals surface area contributed by atoms with E-state index >= 15 is 0 Å². The summed E-state index contributed by atoms with van der Waals surface area (Å²) in [5, 5.41) is 8.03. The van der Waals surface area contributed by atoms with Gasteiger partial charge in [-0.1, -0.05) is 152 Å². The van der Waals surface area contributed by atoms with Crippen LogP contribution in [0.2, 0.25) is 0 Å². The van der Waals surface area contributed by atoms with Crippen molar-refractivity contribution >= 4 is 32.3 Å². The van der Waals surface area contributed by atoms with Crippen LogP contribution in [0.25, 0.3) is 32.3 Å². The molecule has 0 spiro atoms. The van der Waals surface area contributed by atoms with Crippen LogP contribution in [0.4, 0.5) is 0 Å². The maximum atomic E-state index is 2.70. The zero-order valence-corrected chi connectivity index (χ0v) is 27.6. The Labute approximate surface area is 284 Å². The summed E-state index contributed by atoms with van der Waals surface area (Å²) >= 11 is 0. The number of benzene rings is 7. The molecular formula is C45H43N3. The second-order valence-corrected chi connectivity index (χ2v) is 13.4. The maximum absolute atomic E-state index is 2.70. The molecule has 0 radical (unpaired) electrons. The first-order valence-corrected chi connectivity index (χ1v) is 17.4. The Morgan fingerprint density at radius 2 is 0.667 bits per heavy atom. The molecule has 0 N–H and O–H groups in total. The quantitative estimate of drug-likeness (QED) is 0.182. The van der Waals surface area contributed by atoms with E-state index in [-0.39, 0.29) is 0 Å². The number of hydrogen-bond donors (Lipinski definition) is 0. The van der Waals surface area contributed by atoms with Crippen LogP contribution in [0.15, 0.2) is 152 Å². The minimum Gasteiger partial charge on any atom is -0.297 e. The molecular weight excluding hydrogens is 583 g/mol. The van der Waals surface area contributed by atoms with Crippen LogP contribution >= 0.6 is 0 Å². The topological polar surface area (TPSA) is 9.72 Å². The minimum absolute atomic E-state index is 0.931. The molecule has 8 rings (SSSR count). The van der Waals surface area contributed by atoms with E-state index in [0.29, 0.717) is 0 Å². The molecule has 0 aromatic heterocycles. The van der Waals surface area contributed by atoms with Gasteiger partial charge in [0.15, 0.2) is 0 Å². The molecule has 0 amide bonds. The van der Waals surface area contributed by atoms with E-state index in [1.165, 1.54) is 60.1 Å². The average Bonchev–Trinajstić information content (AvgIpc) is 3.13. The predicted molar refractivity (Wildman–Crippen MR) is 202 cm³/mol. The summed E-state index contributed by atoms with van der Waals surface area (Å²) in [5.41, 5.74) is 6.99. The molecule has 0 aliphatic carbocycles. The van der Waals surface area contributed by atoms with Gasteiger partial charge < -0.3 is 0 Å². The molecule has 0 saturated carbocycles. The van der Waals surface area contributed by atoms with Crippen LogP contribution in [-0.2, 0) is 32.7 Å². The molecule has 3 nitrogen and oxygen atoms in total. The molecule has 7 aromatic rings. The Bertz CT molecular complexity index is 2040. The summed E-state index contributed by atoms with van der Waals surface area (Å²) in [5.74, 6) is 0. The molecule has 7 aromatic carbocycles. The molecule has 1 aliphatic rings. The van der Waals surface area contributed by atoms with Crippen LogP contribution < -0.4 is 0 Å². The molecule has 0 saturated heterocycles. The van der Waals surface area contributed by atoms with Gasteiger partial charge in [-0.05, 0) is 60.1 Å². The average molecular weight is 626 g/mol. The van der Waals surface area contributed by atoms with Gasteiger partial charge in [0.1, 0.15) is 0 Å². The summed E-state index contributed by atoms with van der Waals surface area (Å²) in [6, 6.07) is 56.1. The van der Waals surface area contributed by atoms with Crippen LogP contribution in [-0.4, -0.2) is 40.9 Å². The third-order valence-electron chi connectivity index (χ3n) is 10.1. The Balaban J connectivity index is 1.13. The minimum atomic E-state index is 0.931. The fraction of sp³-hybridized carbons (Fsp3) is 0.200. The highest BCUT2D eigenvalue weighted by molar-refractivity contribution is 5.87. The number of rotatable bonds is 6. The Morgan fingerprint density at radius 1 is 0.333 bits per heavy atom. The summed E-state index contributed by atoms with van der Waals surface area (Å²) in [6.45, 7) is 8.69. The van der Waals surface area contributed by atoms with Crippen LogP contribution in [0.3, 0.4) is 0 Å². The van der Waals surface area contributed by atoms with Crippen molar-refractivity contribution in [2.45, 2.75) is 32.7 Å². The van der Waals surface area contributed by atoms with E-state index in [2.05, 4.69) is 166 Å². The summed E-state index contributed by atoms with van der Waals surface area (Å²) in [7, 11) is 0. The molecule has 1 aliphatic heterocycles. The van der Waals surface area contributed by atoms with Crippen LogP contribution in [0, 0.1) is 0 Å². The van der Waals surface area contributed by atoms with Crippen LogP contribution in [0.1, 0.15) is 27.8 Å². The van der Waals surface area contributed by atoms with Gasteiger partial charge >= 0.3 is 0 Å². The van der Waals surface area contributed by atoms with Gasteiger partial charge in [-0.2, -0.15) is 0 Å². The standard InChI is InChI=1S/C45H43N3/c1-4-22-43-37(13-1)16-8-19-40(43)32-46-25-27-47(33-41-20-9-17-38-14-2-5-23-44(38)41)30-35-11-7-12-36(29-35)31-48(28-26-46)34-42-21-10-18-39-15-3-6-24-45(39)42/h1-24,29H,25-28,30-34H2. The Kier molecular flexibility index (Phi) is 8.99. The lowest BCUT2D eigenvalue weighted by Gasteiger charge is -2.32. The van der Waals surface area contributed by atoms with E-state index in [9.17, 15) is 0 Å². The monoisotopic (exact) mass is 625 g/mol. The van der Waals surface area contributed by atoms with E-state index in [0.717, 1.165) is 58.9 Å². The smallest absolute Gasteiger partial charge is 0.0243 e. The Hall–Kier alpha value is -4.80.